The van der Waals surface area contributed by atoms with Crippen molar-refractivity contribution in [2.75, 3.05) is 13.2 Å². The van der Waals surface area contributed by atoms with Gasteiger partial charge in [0.2, 0.25) is 0 Å². The Morgan fingerprint density at radius 2 is 1.76 bits per heavy atom. The topological polar surface area (TPSA) is 63.8 Å². The van der Waals surface area contributed by atoms with Crippen molar-refractivity contribution in [3.63, 3.8) is 0 Å². The van der Waals surface area contributed by atoms with Crippen molar-refractivity contribution in [3.8, 4) is 16.8 Å². The van der Waals surface area contributed by atoms with Crippen LogP contribution in [0.3, 0.4) is 0 Å². The molecular weight excluding hydrogens is 412 g/mol. The summed E-state index contributed by atoms with van der Waals surface area (Å²) in [5.74, 6) is -0.558. The third-order valence-corrected chi connectivity index (χ3v) is 6.80. The average molecular weight is 437 g/mol. The largest absolute Gasteiger partial charge is 0.478 e. The lowest BCUT2D eigenvalue weighted by atomic mass is 9.89. The fourth-order valence-electron chi connectivity index (χ4n) is 5.21. The van der Waals surface area contributed by atoms with E-state index in [-0.39, 0.29) is 0 Å². The molecule has 1 N–H and O–H groups in total. The van der Waals surface area contributed by atoms with Gasteiger partial charge in [0, 0.05) is 47.7 Å². The van der Waals surface area contributed by atoms with Crippen LogP contribution in [0.25, 0.3) is 27.7 Å². The zero-order valence-electron chi connectivity index (χ0n) is 18.2. The van der Waals surface area contributed by atoms with E-state index in [9.17, 15) is 9.90 Å². The molecule has 3 heterocycles. The van der Waals surface area contributed by atoms with Crippen molar-refractivity contribution in [1.82, 2.24) is 4.57 Å². The van der Waals surface area contributed by atoms with Crippen molar-refractivity contribution >= 4 is 23.1 Å². The molecule has 1 saturated heterocycles. The maximum Gasteiger partial charge on any atom is 0.335 e. The minimum atomic E-state index is -0.909. The van der Waals surface area contributed by atoms with Crippen LogP contribution in [0.4, 0.5) is 0 Å². The van der Waals surface area contributed by atoms with Gasteiger partial charge >= 0.3 is 5.97 Å². The first-order valence-corrected chi connectivity index (χ1v) is 11.4. The number of para-hydroxylation sites is 1. The maximum atomic E-state index is 11.5. The van der Waals surface area contributed by atoms with Gasteiger partial charge in [0.15, 0.2) is 0 Å². The molecule has 0 amide bonds. The maximum absolute atomic E-state index is 11.5. The second kappa shape index (κ2) is 8.01. The van der Waals surface area contributed by atoms with Crippen LogP contribution in [-0.2, 0) is 11.3 Å². The molecular formula is C28H24N2O3. The Morgan fingerprint density at radius 1 is 1.00 bits per heavy atom. The zero-order valence-corrected chi connectivity index (χ0v) is 18.2. The van der Waals surface area contributed by atoms with E-state index in [2.05, 4.69) is 46.0 Å². The van der Waals surface area contributed by atoms with Crippen LogP contribution in [0, 0.1) is 0 Å². The molecule has 6 rings (SSSR count). The van der Waals surface area contributed by atoms with Gasteiger partial charge in [-0.05, 0) is 65.9 Å². The molecule has 0 atom stereocenters. The third-order valence-electron chi connectivity index (χ3n) is 6.80. The Kier molecular flexibility index (Phi) is 4.84. The van der Waals surface area contributed by atoms with Crippen LogP contribution in [0.2, 0.25) is 0 Å². The van der Waals surface area contributed by atoms with Gasteiger partial charge in [-0.2, -0.15) is 0 Å². The molecule has 5 heteroatoms. The summed E-state index contributed by atoms with van der Waals surface area (Å²) in [6.07, 6.45) is 3.89. The number of hydrogen-bond acceptors (Lipinski definition) is 3. The van der Waals surface area contributed by atoms with Crippen LogP contribution in [0.15, 0.2) is 71.7 Å². The molecule has 5 nitrogen and oxygen atoms in total. The van der Waals surface area contributed by atoms with Gasteiger partial charge in [-0.3, -0.25) is 4.99 Å². The molecule has 0 radical (unpaired) electrons. The number of aromatic carboxylic acids is 1. The first kappa shape index (κ1) is 19.9. The van der Waals surface area contributed by atoms with Gasteiger partial charge in [-0.25, -0.2) is 4.79 Å². The number of hydrogen-bond donors (Lipinski definition) is 1. The van der Waals surface area contributed by atoms with Gasteiger partial charge in [-0.1, -0.05) is 30.3 Å². The number of aromatic nitrogens is 1. The minimum Gasteiger partial charge on any atom is -0.478 e. The monoisotopic (exact) mass is 436 g/mol. The lowest BCUT2D eigenvalue weighted by Crippen LogP contribution is -2.17. The van der Waals surface area contributed by atoms with Crippen molar-refractivity contribution in [2.45, 2.75) is 25.3 Å². The highest BCUT2D eigenvalue weighted by atomic mass is 16.5. The average Bonchev–Trinajstić information content (AvgIpc) is 3.45. The van der Waals surface area contributed by atoms with E-state index in [1.807, 2.05) is 24.4 Å². The van der Waals surface area contributed by atoms with Gasteiger partial charge in [0.1, 0.15) is 0 Å². The smallest absolute Gasteiger partial charge is 0.335 e. The Bertz CT molecular complexity index is 1380. The summed E-state index contributed by atoms with van der Waals surface area (Å²) >= 11 is 0. The number of aliphatic imine (C=N–C) groups is 1. The van der Waals surface area contributed by atoms with Crippen molar-refractivity contribution < 1.29 is 14.6 Å². The first-order chi connectivity index (χ1) is 16.2. The Hall–Kier alpha value is -3.70. The van der Waals surface area contributed by atoms with E-state index in [0.29, 0.717) is 18.0 Å². The summed E-state index contributed by atoms with van der Waals surface area (Å²) in [5.41, 5.74) is 8.50. The molecule has 0 spiro atoms. The van der Waals surface area contributed by atoms with Crippen LogP contribution in [0.5, 0.6) is 0 Å². The summed E-state index contributed by atoms with van der Waals surface area (Å²) < 4.78 is 8.10. The third kappa shape index (κ3) is 3.36. The predicted octanol–water partition coefficient (Wildman–Crippen LogP) is 5.82. The fourth-order valence-corrected chi connectivity index (χ4v) is 5.21. The highest BCUT2D eigenvalue weighted by Crippen LogP contribution is 2.44. The van der Waals surface area contributed by atoms with E-state index < -0.39 is 5.97 Å². The van der Waals surface area contributed by atoms with E-state index in [1.54, 1.807) is 12.1 Å². The Morgan fingerprint density at radius 3 is 2.48 bits per heavy atom. The lowest BCUT2D eigenvalue weighted by Gasteiger charge is -2.26. The quantitative estimate of drug-likeness (QED) is 0.438. The SMILES string of the molecule is O=C(O)c1ccc(-c2c(C3CCOCC3)n(-c3ccccc3)c3cc4c(cc23)CN=C4)cc1. The Balaban J connectivity index is 1.69. The van der Waals surface area contributed by atoms with E-state index >= 15 is 0 Å². The van der Waals surface area contributed by atoms with Crippen molar-refractivity contribution in [3.05, 3.63) is 89.1 Å². The first-order valence-electron chi connectivity index (χ1n) is 11.4. The van der Waals surface area contributed by atoms with Gasteiger partial charge in [0.05, 0.1) is 17.6 Å². The summed E-state index contributed by atoms with van der Waals surface area (Å²) in [6, 6.07) is 22.3. The number of carboxylic acid groups (broad SMARTS) is 1. The number of ether oxygens (including phenoxy) is 1. The molecule has 4 aromatic rings. The number of rotatable bonds is 4. The summed E-state index contributed by atoms with van der Waals surface area (Å²) in [7, 11) is 0. The highest BCUT2D eigenvalue weighted by molar-refractivity contribution is 6.03. The lowest BCUT2D eigenvalue weighted by molar-refractivity contribution is 0.0697. The van der Waals surface area contributed by atoms with Crippen molar-refractivity contribution in [1.29, 1.82) is 0 Å². The molecule has 0 saturated carbocycles. The van der Waals surface area contributed by atoms with Crippen LogP contribution in [0.1, 0.15) is 45.9 Å². The van der Waals surface area contributed by atoms with E-state index in [4.69, 9.17) is 4.74 Å². The highest BCUT2D eigenvalue weighted by Gasteiger charge is 2.28. The van der Waals surface area contributed by atoms with E-state index in [1.165, 1.54) is 27.8 Å². The van der Waals surface area contributed by atoms with Crippen LogP contribution in [-0.4, -0.2) is 35.1 Å². The van der Waals surface area contributed by atoms with Crippen molar-refractivity contribution in [2.24, 2.45) is 4.99 Å². The predicted molar refractivity (Wildman–Crippen MR) is 130 cm³/mol. The molecule has 0 aliphatic carbocycles. The zero-order chi connectivity index (χ0) is 22.4. The summed E-state index contributed by atoms with van der Waals surface area (Å²) in [4.78, 5) is 15.9. The van der Waals surface area contributed by atoms with Crippen LogP contribution >= 0.6 is 0 Å². The minimum absolute atomic E-state index is 0.299. The number of carbonyl (C=O) groups is 1. The van der Waals surface area contributed by atoms with E-state index in [0.717, 1.165) is 42.8 Å². The molecule has 1 fully saturated rings. The fraction of sp³-hybridized carbons (Fsp3) is 0.214. The van der Waals surface area contributed by atoms with Gasteiger partial charge in [0.25, 0.3) is 0 Å². The normalized spacial score (nSPS) is 15.8. The molecule has 33 heavy (non-hydrogen) atoms. The second-order valence-corrected chi connectivity index (χ2v) is 8.74. The number of benzene rings is 3. The molecule has 0 bridgehead atoms. The standard InChI is InChI=1S/C28H24N2O3/c31-28(32)20-8-6-18(7-9-20)26-24-14-21-16-29-17-22(21)15-25(24)30(23-4-2-1-3-5-23)27(26)19-10-12-33-13-11-19/h1-9,14-15,17,19H,10-13,16H2,(H,31,32). The number of fused-ring (bicyclic) bond motifs is 2. The van der Waals surface area contributed by atoms with Gasteiger partial charge < -0.3 is 14.4 Å². The molecule has 3 aromatic carbocycles. The molecule has 164 valence electrons. The number of nitrogens with zero attached hydrogens (tertiary/aromatic N) is 2. The molecule has 1 aromatic heterocycles. The van der Waals surface area contributed by atoms with Crippen LogP contribution < -0.4 is 0 Å². The molecule has 2 aliphatic rings. The second-order valence-electron chi connectivity index (χ2n) is 8.74. The number of carboxylic acids is 1. The summed E-state index contributed by atoms with van der Waals surface area (Å²) in [6.45, 7) is 2.20. The van der Waals surface area contributed by atoms with Gasteiger partial charge in [-0.15, -0.1) is 0 Å². The molecule has 2 aliphatic heterocycles. The molecule has 0 unspecified atom stereocenters. The Labute approximate surface area is 192 Å². The summed E-state index contributed by atoms with van der Waals surface area (Å²) in [5, 5.41) is 10.6.